The Hall–Kier alpha value is -2.43. The molecule has 0 saturated carbocycles. The van der Waals surface area contributed by atoms with Gasteiger partial charge in [-0.15, -0.1) is 0 Å². The van der Waals surface area contributed by atoms with Gasteiger partial charge in [-0.25, -0.2) is 0 Å². The first-order chi connectivity index (χ1) is 9.51. The maximum Gasteiger partial charge on any atom is 0.238 e. The fourth-order valence-corrected chi connectivity index (χ4v) is 2.00. The molecule has 0 atom stereocenters. The van der Waals surface area contributed by atoms with Crippen LogP contribution in [0.15, 0.2) is 30.3 Å². The molecule has 2 rings (SSSR count). The van der Waals surface area contributed by atoms with E-state index in [2.05, 4.69) is 34.3 Å². The third-order valence-corrected chi connectivity index (χ3v) is 3.05. The average molecular weight is 272 g/mol. The largest absolute Gasteiger partial charge is 0.479 e. The van der Waals surface area contributed by atoms with E-state index in [1.54, 1.807) is 13.2 Å². The number of aryl methyl sites for hydroxylation is 1. The van der Waals surface area contributed by atoms with Gasteiger partial charge in [-0.1, -0.05) is 6.07 Å². The molecule has 3 N–H and O–H groups in total. The number of anilines is 4. The Morgan fingerprint density at radius 3 is 2.60 bits per heavy atom. The van der Waals surface area contributed by atoms with E-state index in [-0.39, 0.29) is 0 Å². The van der Waals surface area contributed by atoms with Crippen molar-refractivity contribution in [1.82, 2.24) is 4.98 Å². The van der Waals surface area contributed by atoms with Crippen molar-refractivity contribution in [3.8, 4) is 5.88 Å². The van der Waals surface area contributed by atoms with Crippen LogP contribution >= 0.6 is 0 Å². The molecule has 106 valence electrons. The summed E-state index contributed by atoms with van der Waals surface area (Å²) in [6, 6.07) is 9.78. The van der Waals surface area contributed by atoms with Gasteiger partial charge in [-0.3, -0.25) is 0 Å². The number of nitrogen functional groups attached to an aromatic ring is 1. The Bertz CT molecular complexity index is 611. The van der Waals surface area contributed by atoms with Gasteiger partial charge < -0.3 is 20.7 Å². The first-order valence-corrected chi connectivity index (χ1v) is 6.37. The summed E-state index contributed by atoms with van der Waals surface area (Å²) in [5.74, 6) is 1.12. The Balaban J connectivity index is 2.28. The van der Waals surface area contributed by atoms with Crippen LogP contribution in [-0.2, 0) is 0 Å². The van der Waals surface area contributed by atoms with Gasteiger partial charge in [-0.2, -0.15) is 4.98 Å². The van der Waals surface area contributed by atoms with Crippen LogP contribution in [0.2, 0.25) is 0 Å². The van der Waals surface area contributed by atoms with Crippen LogP contribution in [0.1, 0.15) is 5.56 Å². The molecule has 0 aliphatic heterocycles. The van der Waals surface area contributed by atoms with Crippen molar-refractivity contribution in [2.45, 2.75) is 6.92 Å². The smallest absolute Gasteiger partial charge is 0.238 e. The van der Waals surface area contributed by atoms with Crippen molar-refractivity contribution in [3.63, 3.8) is 0 Å². The van der Waals surface area contributed by atoms with Gasteiger partial charge >= 0.3 is 0 Å². The maximum atomic E-state index is 5.76. The van der Waals surface area contributed by atoms with Crippen molar-refractivity contribution < 1.29 is 4.74 Å². The number of methoxy groups -OCH3 is 1. The number of benzene rings is 1. The Morgan fingerprint density at radius 2 is 1.95 bits per heavy atom. The van der Waals surface area contributed by atoms with Crippen LogP contribution in [0.25, 0.3) is 0 Å². The minimum atomic E-state index is 0.426. The lowest BCUT2D eigenvalue weighted by molar-refractivity contribution is 0.401. The molecule has 0 fully saturated rings. The van der Waals surface area contributed by atoms with Crippen molar-refractivity contribution in [2.24, 2.45) is 0 Å². The zero-order valence-electron chi connectivity index (χ0n) is 12.3. The SMILES string of the molecule is COc1nc(Nc2ccc(C)c(N(C)C)c2)ccc1N. The van der Waals surface area contributed by atoms with Gasteiger partial charge in [0.1, 0.15) is 5.82 Å². The minimum absolute atomic E-state index is 0.426. The molecule has 20 heavy (non-hydrogen) atoms. The molecule has 1 heterocycles. The van der Waals surface area contributed by atoms with Gasteiger partial charge in [-0.05, 0) is 36.8 Å². The first-order valence-electron chi connectivity index (χ1n) is 6.37. The molecule has 0 bridgehead atoms. The van der Waals surface area contributed by atoms with Crippen molar-refractivity contribution >= 4 is 22.9 Å². The van der Waals surface area contributed by atoms with Crippen LogP contribution in [0, 0.1) is 6.92 Å². The summed E-state index contributed by atoms with van der Waals surface area (Å²) >= 11 is 0. The van der Waals surface area contributed by atoms with Gasteiger partial charge in [0.2, 0.25) is 5.88 Å². The Morgan fingerprint density at radius 1 is 1.20 bits per heavy atom. The normalized spacial score (nSPS) is 10.2. The molecule has 2 aromatic rings. The lowest BCUT2D eigenvalue weighted by atomic mass is 10.1. The van der Waals surface area contributed by atoms with Crippen molar-refractivity contribution in [2.75, 3.05) is 37.2 Å². The van der Waals surface area contributed by atoms with Crippen molar-refractivity contribution in [3.05, 3.63) is 35.9 Å². The number of nitrogens with one attached hydrogen (secondary N) is 1. The Kier molecular flexibility index (Phi) is 3.98. The van der Waals surface area contributed by atoms with Crippen LogP contribution in [0.4, 0.5) is 22.9 Å². The number of pyridine rings is 1. The second kappa shape index (κ2) is 5.69. The topological polar surface area (TPSA) is 63.4 Å². The molecule has 0 aliphatic rings. The fraction of sp³-hybridized carbons (Fsp3) is 0.267. The second-order valence-electron chi connectivity index (χ2n) is 4.82. The zero-order chi connectivity index (χ0) is 14.7. The zero-order valence-corrected chi connectivity index (χ0v) is 12.3. The van der Waals surface area contributed by atoms with E-state index in [0.717, 1.165) is 11.4 Å². The molecule has 0 spiro atoms. The highest BCUT2D eigenvalue weighted by Gasteiger charge is 2.06. The molecule has 5 heteroatoms. The highest BCUT2D eigenvalue weighted by Crippen LogP contribution is 2.26. The molecule has 0 aliphatic carbocycles. The number of aromatic nitrogens is 1. The van der Waals surface area contributed by atoms with E-state index < -0.39 is 0 Å². The third kappa shape index (κ3) is 2.93. The number of nitrogens with two attached hydrogens (primary N) is 1. The standard InChI is InChI=1S/C15H20N4O/c1-10-5-6-11(9-13(10)19(2)3)17-14-8-7-12(16)15(18-14)20-4/h5-9H,16H2,1-4H3,(H,17,18). The van der Waals surface area contributed by atoms with E-state index in [9.17, 15) is 0 Å². The van der Waals surface area contributed by atoms with Gasteiger partial charge in [0.15, 0.2) is 0 Å². The molecule has 0 radical (unpaired) electrons. The van der Waals surface area contributed by atoms with Crippen LogP contribution in [-0.4, -0.2) is 26.2 Å². The molecule has 1 aromatic heterocycles. The molecule has 5 nitrogen and oxygen atoms in total. The molecule has 0 amide bonds. The summed E-state index contributed by atoms with van der Waals surface area (Å²) in [6.07, 6.45) is 0. The van der Waals surface area contributed by atoms with Crippen LogP contribution < -0.4 is 20.7 Å². The monoisotopic (exact) mass is 272 g/mol. The van der Waals surface area contributed by atoms with E-state index in [1.165, 1.54) is 5.56 Å². The summed E-state index contributed by atoms with van der Waals surface area (Å²) in [7, 11) is 5.60. The summed E-state index contributed by atoms with van der Waals surface area (Å²) < 4.78 is 5.12. The van der Waals surface area contributed by atoms with Gasteiger partial charge in [0, 0.05) is 25.5 Å². The maximum absolute atomic E-state index is 5.76. The number of rotatable bonds is 4. The van der Waals surface area contributed by atoms with E-state index in [0.29, 0.717) is 17.4 Å². The lowest BCUT2D eigenvalue weighted by Crippen LogP contribution is -2.10. The van der Waals surface area contributed by atoms with Gasteiger partial charge in [0.25, 0.3) is 0 Å². The van der Waals surface area contributed by atoms with Crippen molar-refractivity contribution in [1.29, 1.82) is 0 Å². The van der Waals surface area contributed by atoms with Gasteiger partial charge in [0.05, 0.1) is 12.8 Å². The van der Waals surface area contributed by atoms with E-state index >= 15 is 0 Å². The summed E-state index contributed by atoms with van der Waals surface area (Å²) in [5, 5.41) is 3.26. The average Bonchev–Trinajstić information content (AvgIpc) is 2.42. The highest BCUT2D eigenvalue weighted by molar-refractivity contribution is 5.67. The summed E-state index contributed by atoms with van der Waals surface area (Å²) in [6.45, 7) is 2.09. The number of ether oxygens (including phenoxy) is 1. The Labute approximate surface area is 119 Å². The highest BCUT2D eigenvalue weighted by atomic mass is 16.5. The van der Waals surface area contributed by atoms with E-state index in [1.807, 2.05) is 26.2 Å². The number of hydrogen-bond acceptors (Lipinski definition) is 5. The molecule has 0 unspecified atom stereocenters. The molecule has 0 saturated heterocycles. The predicted molar refractivity (Wildman–Crippen MR) is 84.0 cm³/mol. The quantitative estimate of drug-likeness (QED) is 0.896. The summed E-state index contributed by atoms with van der Waals surface area (Å²) in [4.78, 5) is 6.39. The number of nitrogens with zero attached hydrogens (tertiary/aromatic N) is 2. The molecule has 1 aromatic carbocycles. The third-order valence-electron chi connectivity index (χ3n) is 3.05. The molecular weight excluding hydrogens is 252 g/mol. The van der Waals surface area contributed by atoms with Crippen LogP contribution in [0.3, 0.4) is 0 Å². The molecular formula is C15H20N4O. The lowest BCUT2D eigenvalue weighted by Gasteiger charge is -2.17. The second-order valence-corrected chi connectivity index (χ2v) is 4.82. The van der Waals surface area contributed by atoms with Crippen LogP contribution in [0.5, 0.6) is 5.88 Å². The minimum Gasteiger partial charge on any atom is -0.479 e. The fourth-order valence-electron chi connectivity index (χ4n) is 2.00. The first kappa shape index (κ1) is 14.0. The number of hydrogen-bond donors (Lipinski definition) is 2. The van der Waals surface area contributed by atoms with E-state index in [4.69, 9.17) is 10.5 Å². The predicted octanol–water partition coefficient (Wildman–Crippen LogP) is 2.79. The summed E-state index contributed by atoms with van der Waals surface area (Å²) in [5.41, 5.74) is 9.64.